The number of nitriles is 1. The molecular formula is C22H18N4O3S2. The van der Waals surface area contributed by atoms with Crippen LogP contribution in [0.3, 0.4) is 0 Å². The number of para-hydroxylation sites is 1. The van der Waals surface area contributed by atoms with Crippen LogP contribution in [-0.2, 0) is 16.6 Å². The molecule has 0 aliphatic rings. The third kappa shape index (κ3) is 4.08. The molecule has 0 amide bonds. The Labute approximate surface area is 183 Å². The summed E-state index contributed by atoms with van der Waals surface area (Å²) in [6.07, 6.45) is 3.51. The Morgan fingerprint density at radius 1 is 1.13 bits per heavy atom. The largest absolute Gasteiger partial charge is 0.346 e. The van der Waals surface area contributed by atoms with Crippen LogP contribution in [0, 0.1) is 11.3 Å². The van der Waals surface area contributed by atoms with E-state index in [2.05, 4.69) is 11.1 Å². The zero-order valence-corrected chi connectivity index (χ0v) is 18.0. The summed E-state index contributed by atoms with van der Waals surface area (Å²) in [4.78, 5) is 17.5. The molecule has 2 heterocycles. The molecule has 0 atom stereocenters. The maximum atomic E-state index is 13.3. The Morgan fingerprint density at radius 2 is 1.87 bits per heavy atom. The van der Waals surface area contributed by atoms with E-state index in [-0.39, 0.29) is 22.4 Å². The van der Waals surface area contributed by atoms with Crippen LogP contribution in [0.5, 0.6) is 0 Å². The first-order valence-electron chi connectivity index (χ1n) is 9.47. The Kier molecular flexibility index (Phi) is 5.84. The van der Waals surface area contributed by atoms with E-state index in [1.807, 2.05) is 28.8 Å². The van der Waals surface area contributed by atoms with Gasteiger partial charge in [-0.05, 0) is 18.2 Å². The molecule has 0 fully saturated rings. The van der Waals surface area contributed by atoms with Crippen LogP contribution < -0.4 is 4.31 Å². The molecular weight excluding hydrogens is 432 g/mol. The molecule has 0 saturated carbocycles. The maximum Gasteiger partial charge on any atom is 0.266 e. The standard InChI is InChI=1S/C22H18N4O3S2/c23-11-6-13-25-15-19(18-9-4-5-10-20(18)25)21(27)16-26(22-24-12-14-30-22)31(28,29)17-7-2-1-3-8-17/h1-5,7-10,12,14-15H,6,13,16H2. The molecule has 31 heavy (non-hydrogen) atoms. The van der Waals surface area contributed by atoms with E-state index < -0.39 is 10.0 Å². The number of aromatic nitrogens is 2. The van der Waals surface area contributed by atoms with Crippen molar-refractivity contribution in [3.05, 3.63) is 77.9 Å². The van der Waals surface area contributed by atoms with Crippen molar-refractivity contribution in [3.63, 3.8) is 0 Å². The molecule has 7 nitrogen and oxygen atoms in total. The fourth-order valence-electron chi connectivity index (χ4n) is 3.35. The van der Waals surface area contributed by atoms with Crippen LogP contribution in [0.1, 0.15) is 16.8 Å². The van der Waals surface area contributed by atoms with Gasteiger partial charge < -0.3 is 4.57 Å². The first-order valence-corrected chi connectivity index (χ1v) is 11.8. The summed E-state index contributed by atoms with van der Waals surface area (Å²) in [5, 5.41) is 11.5. The first kappa shape index (κ1) is 20.8. The van der Waals surface area contributed by atoms with E-state index in [1.54, 1.807) is 29.8 Å². The highest BCUT2D eigenvalue weighted by Crippen LogP contribution is 2.28. The van der Waals surface area contributed by atoms with Crippen molar-refractivity contribution < 1.29 is 13.2 Å². The number of sulfonamides is 1. The smallest absolute Gasteiger partial charge is 0.266 e. The minimum absolute atomic E-state index is 0.0921. The number of thiazole rings is 1. The monoisotopic (exact) mass is 450 g/mol. The van der Waals surface area contributed by atoms with E-state index in [0.29, 0.717) is 18.5 Å². The number of ketones is 1. The zero-order valence-electron chi connectivity index (χ0n) is 16.4. The number of aryl methyl sites for hydroxylation is 1. The van der Waals surface area contributed by atoms with E-state index in [1.165, 1.54) is 18.3 Å². The first-order chi connectivity index (χ1) is 15.0. The number of benzene rings is 2. The minimum atomic E-state index is -3.98. The van der Waals surface area contributed by atoms with Gasteiger partial charge in [0.05, 0.1) is 17.4 Å². The van der Waals surface area contributed by atoms with Gasteiger partial charge in [0.15, 0.2) is 10.9 Å². The molecule has 4 aromatic rings. The highest BCUT2D eigenvalue weighted by Gasteiger charge is 2.30. The van der Waals surface area contributed by atoms with Gasteiger partial charge >= 0.3 is 0 Å². The Hall–Kier alpha value is -3.48. The topological polar surface area (TPSA) is 96.1 Å². The van der Waals surface area contributed by atoms with Gasteiger partial charge in [-0.3, -0.25) is 4.79 Å². The summed E-state index contributed by atoms with van der Waals surface area (Å²) in [5.74, 6) is -0.346. The fourth-order valence-corrected chi connectivity index (χ4v) is 5.62. The Balaban J connectivity index is 1.74. The lowest BCUT2D eigenvalue weighted by Crippen LogP contribution is -2.35. The van der Waals surface area contributed by atoms with E-state index in [9.17, 15) is 13.2 Å². The second kappa shape index (κ2) is 8.71. The number of hydrogen-bond acceptors (Lipinski definition) is 6. The third-order valence-electron chi connectivity index (χ3n) is 4.80. The molecule has 4 rings (SSSR count). The van der Waals surface area contributed by atoms with Gasteiger partial charge in [0.2, 0.25) is 0 Å². The summed E-state index contributed by atoms with van der Waals surface area (Å²) in [7, 11) is -3.98. The van der Waals surface area contributed by atoms with Crippen molar-refractivity contribution >= 4 is 43.2 Å². The van der Waals surface area contributed by atoms with Crippen molar-refractivity contribution in [2.75, 3.05) is 10.8 Å². The second-order valence-corrected chi connectivity index (χ2v) is 9.46. The maximum absolute atomic E-state index is 13.3. The Morgan fingerprint density at radius 3 is 2.58 bits per heavy atom. The number of rotatable bonds is 8. The highest BCUT2D eigenvalue weighted by atomic mass is 32.2. The number of carbonyl (C=O) groups excluding carboxylic acids is 1. The quantitative estimate of drug-likeness (QED) is 0.377. The lowest BCUT2D eigenvalue weighted by molar-refractivity contribution is 0.100. The average Bonchev–Trinajstić information content (AvgIpc) is 3.45. The van der Waals surface area contributed by atoms with Crippen LogP contribution in [0.2, 0.25) is 0 Å². The van der Waals surface area contributed by atoms with Crippen molar-refractivity contribution in [2.24, 2.45) is 0 Å². The predicted octanol–water partition coefficient (Wildman–Crippen LogP) is 4.09. The lowest BCUT2D eigenvalue weighted by atomic mass is 10.1. The molecule has 9 heteroatoms. The second-order valence-electron chi connectivity index (χ2n) is 6.72. The summed E-state index contributed by atoms with van der Waals surface area (Å²) >= 11 is 1.15. The SMILES string of the molecule is N#CCCn1cc(C(=O)CN(c2nccs2)S(=O)(=O)c2ccccc2)c2ccccc21. The van der Waals surface area contributed by atoms with Crippen LogP contribution in [0.15, 0.2) is 77.3 Å². The molecule has 0 N–H and O–H groups in total. The van der Waals surface area contributed by atoms with Gasteiger partial charge in [0, 0.05) is 40.8 Å². The summed E-state index contributed by atoms with van der Waals surface area (Å²) in [6, 6.07) is 17.5. The molecule has 2 aromatic heterocycles. The molecule has 0 spiro atoms. The lowest BCUT2D eigenvalue weighted by Gasteiger charge is -2.21. The van der Waals surface area contributed by atoms with Gasteiger partial charge in [0.25, 0.3) is 10.0 Å². The van der Waals surface area contributed by atoms with Crippen molar-refractivity contribution in [3.8, 4) is 6.07 Å². The summed E-state index contributed by atoms with van der Waals surface area (Å²) < 4.78 is 29.5. The average molecular weight is 451 g/mol. The van der Waals surface area contributed by atoms with Gasteiger partial charge in [-0.2, -0.15) is 5.26 Å². The van der Waals surface area contributed by atoms with Gasteiger partial charge in [0.1, 0.15) is 6.54 Å². The third-order valence-corrected chi connectivity index (χ3v) is 7.46. The van der Waals surface area contributed by atoms with Crippen LogP contribution in [0.4, 0.5) is 5.13 Å². The van der Waals surface area contributed by atoms with Crippen molar-refractivity contribution in [1.29, 1.82) is 5.26 Å². The molecule has 0 bridgehead atoms. The minimum Gasteiger partial charge on any atom is -0.346 e. The van der Waals surface area contributed by atoms with Gasteiger partial charge in [-0.15, -0.1) is 11.3 Å². The van der Waals surface area contributed by atoms with Gasteiger partial charge in [-0.1, -0.05) is 36.4 Å². The van der Waals surface area contributed by atoms with E-state index >= 15 is 0 Å². The fraction of sp³-hybridized carbons (Fsp3) is 0.136. The number of nitrogens with zero attached hydrogens (tertiary/aromatic N) is 4. The number of hydrogen-bond donors (Lipinski definition) is 0. The molecule has 0 radical (unpaired) electrons. The predicted molar refractivity (Wildman–Crippen MR) is 120 cm³/mol. The summed E-state index contributed by atoms with van der Waals surface area (Å²) in [6.45, 7) is 0.0692. The van der Waals surface area contributed by atoms with Crippen molar-refractivity contribution in [1.82, 2.24) is 9.55 Å². The molecule has 0 unspecified atom stereocenters. The van der Waals surface area contributed by atoms with Crippen LogP contribution in [-0.4, -0.2) is 30.3 Å². The van der Waals surface area contributed by atoms with Gasteiger partial charge in [-0.25, -0.2) is 17.7 Å². The highest BCUT2D eigenvalue weighted by molar-refractivity contribution is 7.93. The number of fused-ring (bicyclic) bond motifs is 1. The number of Topliss-reactive ketones (excluding diaryl/α,β-unsaturated/α-hetero) is 1. The normalized spacial score (nSPS) is 11.3. The van der Waals surface area contributed by atoms with E-state index in [0.717, 1.165) is 26.5 Å². The van der Waals surface area contributed by atoms with Crippen molar-refractivity contribution in [2.45, 2.75) is 17.9 Å². The molecule has 156 valence electrons. The number of anilines is 1. The molecule has 0 saturated heterocycles. The zero-order chi connectivity index (χ0) is 21.8. The van der Waals surface area contributed by atoms with Crippen LogP contribution >= 0.6 is 11.3 Å². The number of carbonyl (C=O) groups is 1. The molecule has 0 aliphatic carbocycles. The molecule has 2 aromatic carbocycles. The molecule has 0 aliphatic heterocycles. The van der Waals surface area contributed by atoms with E-state index in [4.69, 9.17) is 5.26 Å². The Bertz CT molecular complexity index is 1360. The summed E-state index contributed by atoms with van der Waals surface area (Å²) in [5.41, 5.74) is 1.24. The van der Waals surface area contributed by atoms with Crippen LogP contribution in [0.25, 0.3) is 10.9 Å².